The van der Waals surface area contributed by atoms with Crippen LogP contribution in [0.4, 0.5) is 5.95 Å². The van der Waals surface area contributed by atoms with E-state index in [0.717, 1.165) is 35.1 Å². The van der Waals surface area contributed by atoms with Crippen molar-refractivity contribution in [2.75, 3.05) is 11.9 Å². The van der Waals surface area contributed by atoms with Crippen LogP contribution in [0.5, 0.6) is 0 Å². The number of nitrogens with zero attached hydrogens (tertiary/aromatic N) is 3. The van der Waals surface area contributed by atoms with E-state index >= 15 is 0 Å². The summed E-state index contributed by atoms with van der Waals surface area (Å²) in [4.78, 5) is 13.1. The summed E-state index contributed by atoms with van der Waals surface area (Å²) >= 11 is 0. The lowest BCUT2D eigenvalue weighted by atomic mass is 10.1. The Labute approximate surface area is 117 Å². The number of anilines is 1. The molecule has 0 saturated carbocycles. The Bertz CT molecular complexity index is 724. The highest BCUT2D eigenvalue weighted by atomic mass is 15.1. The summed E-state index contributed by atoms with van der Waals surface area (Å²) in [5, 5.41) is 4.34. The zero-order valence-corrected chi connectivity index (χ0v) is 11.4. The number of hydrogen-bond acceptors (Lipinski definition) is 4. The number of benzene rings is 1. The molecule has 0 atom stereocenters. The molecule has 3 aromatic rings. The van der Waals surface area contributed by atoms with Crippen molar-refractivity contribution in [2.45, 2.75) is 13.3 Å². The maximum atomic E-state index is 4.54. The summed E-state index contributed by atoms with van der Waals surface area (Å²) in [5.74, 6) is 0.672. The topological polar surface area (TPSA) is 50.7 Å². The number of aromatic nitrogens is 3. The summed E-state index contributed by atoms with van der Waals surface area (Å²) in [6, 6.07) is 12.1. The number of nitrogens with one attached hydrogen (secondary N) is 1. The van der Waals surface area contributed by atoms with Gasteiger partial charge in [0.1, 0.15) is 0 Å². The molecule has 4 heteroatoms. The molecule has 20 heavy (non-hydrogen) atoms. The van der Waals surface area contributed by atoms with Gasteiger partial charge < -0.3 is 5.32 Å². The van der Waals surface area contributed by atoms with E-state index in [0.29, 0.717) is 5.95 Å². The minimum atomic E-state index is 0.672. The fourth-order valence-electron chi connectivity index (χ4n) is 2.07. The molecule has 1 aromatic carbocycles. The molecule has 4 nitrogen and oxygen atoms in total. The van der Waals surface area contributed by atoms with E-state index in [9.17, 15) is 0 Å². The number of fused-ring (bicyclic) bond motifs is 1. The first kappa shape index (κ1) is 12.5. The van der Waals surface area contributed by atoms with Crippen molar-refractivity contribution in [1.29, 1.82) is 0 Å². The molecule has 2 aromatic heterocycles. The Morgan fingerprint density at radius 1 is 1.05 bits per heavy atom. The number of rotatable bonds is 4. The van der Waals surface area contributed by atoms with Gasteiger partial charge in [0.25, 0.3) is 0 Å². The molecule has 0 saturated heterocycles. The van der Waals surface area contributed by atoms with Crippen LogP contribution in [0, 0.1) is 0 Å². The monoisotopic (exact) mass is 264 g/mol. The lowest BCUT2D eigenvalue weighted by Crippen LogP contribution is -2.04. The summed E-state index contributed by atoms with van der Waals surface area (Å²) in [7, 11) is 0. The molecular weight excluding hydrogens is 248 g/mol. The van der Waals surface area contributed by atoms with Crippen molar-refractivity contribution >= 4 is 16.9 Å². The smallest absolute Gasteiger partial charge is 0.223 e. The SMILES string of the molecule is CCCNc1nccc(-c2ccc3cccnc3c2)n1. The summed E-state index contributed by atoms with van der Waals surface area (Å²) in [6.45, 7) is 2.99. The molecule has 0 aliphatic rings. The molecular formula is C16H16N4. The van der Waals surface area contributed by atoms with Crippen LogP contribution < -0.4 is 5.32 Å². The Kier molecular flexibility index (Phi) is 3.54. The summed E-state index contributed by atoms with van der Waals surface area (Å²) in [6.07, 6.45) is 4.64. The van der Waals surface area contributed by atoms with Gasteiger partial charge in [-0.3, -0.25) is 4.98 Å². The van der Waals surface area contributed by atoms with E-state index in [1.165, 1.54) is 0 Å². The van der Waals surface area contributed by atoms with Crippen molar-refractivity contribution in [2.24, 2.45) is 0 Å². The molecule has 0 radical (unpaired) electrons. The van der Waals surface area contributed by atoms with Gasteiger partial charge in [-0.15, -0.1) is 0 Å². The molecule has 2 heterocycles. The predicted molar refractivity (Wildman–Crippen MR) is 81.5 cm³/mol. The third-order valence-electron chi connectivity index (χ3n) is 3.09. The molecule has 0 unspecified atom stereocenters. The fraction of sp³-hybridized carbons (Fsp3) is 0.188. The first-order valence-corrected chi connectivity index (χ1v) is 6.79. The first-order chi connectivity index (χ1) is 9.86. The van der Waals surface area contributed by atoms with Crippen molar-refractivity contribution < 1.29 is 0 Å². The molecule has 0 amide bonds. The van der Waals surface area contributed by atoms with E-state index in [2.05, 4.69) is 51.5 Å². The largest absolute Gasteiger partial charge is 0.354 e. The van der Waals surface area contributed by atoms with Crippen LogP contribution in [0.3, 0.4) is 0 Å². The average molecular weight is 264 g/mol. The van der Waals surface area contributed by atoms with Crippen LogP contribution in [0.15, 0.2) is 48.8 Å². The number of pyridine rings is 1. The quantitative estimate of drug-likeness (QED) is 0.783. The maximum absolute atomic E-state index is 4.54. The van der Waals surface area contributed by atoms with Gasteiger partial charge in [0.05, 0.1) is 11.2 Å². The third kappa shape index (κ3) is 2.59. The van der Waals surface area contributed by atoms with Gasteiger partial charge in [-0.05, 0) is 24.6 Å². The molecule has 1 N–H and O–H groups in total. The molecule has 0 aliphatic heterocycles. The van der Waals surface area contributed by atoms with Gasteiger partial charge in [-0.2, -0.15) is 0 Å². The Morgan fingerprint density at radius 3 is 2.90 bits per heavy atom. The molecule has 0 fully saturated rings. The third-order valence-corrected chi connectivity index (χ3v) is 3.09. The van der Waals surface area contributed by atoms with Crippen LogP contribution >= 0.6 is 0 Å². The van der Waals surface area contributed by atoms with Gasteiger partial charge in [-0.25, -0.2) is 9.97 Å². The minimum absolute atomic E-state index is 0.672. The van der Waals surface area contributed by atoms with Crippen LogP contribution in [-0.4, -0.2) is 21.5 Å². The maximum Gasteiger partial charge on any atom is 0.223 e. The lowest BCUT2D eigenvalue weighted by Gasteiger charge is -2.06. The van der Waals surface area contributed by atoms with Gasteiger partial charge in [-0.1, -0.05) is 25.1 Å². The molecule has 0 bridgehead atoms. The predicted octanol–water partition coefficient (Wildman–Crippen LogP) is 3.51. The second kappa shape index (κ2) is 5.65. The zero-order valence-electron chi connectivity index (χ0n) is 11.4. The van der Waals surface area contributed by atoms with Crippen molar-refractivity contribution in [3.63, 3.8) is 0 Å². The van der Waals surface area contributed by atoms with E-state index in [1.54, 1.807) is 12.4 Å². The highest BCUT2D eigenvalue weighted by molar-refractivity contribution is 5.83. The highest BCUT2D eigenvalue weighted by Gasteiger charge is 2.03. The van der Waals surface area contributed by atoms with Gasteiger partial charge >= 0.3 is 0 Å². The molecule has 100 valence electrons. The second-order valence-corrected chi connectivity index (χ2v) is 4.60. The normalized spacial score (nSPS) is 10.7. The van der Waals surface area contributed by atoms with Crippen LogP contribution in [0.2, 0.25) is 0 Å². The molecule has 0 spiro atoms. The Balaban J connectivity index is 1.97. The van der Waals surface area contributed by atoms with Crippen LogP contribution in [0.25, 0.3) is 22.2 Å². The van der Waals surface area contributed by atoms with E-state index in [1.807, 2.05) is 12.1 Å². The van der Waals surface area contributed by atoms with E-state index < -0.39 is 0 Å². The zero-order chi connectivity index (χ0) is 13.8. The highest BCUT2D eigenvalue weighted by Crippen LogP contribution is 2.22. The number of hydrogen-bond donors (Lipinski definition) is 1. The Hall–Kier alpha value is -2.49. The second-order valence-electron chi connectivity index (χ2n) is 4.60. The Morgan fingerprint density at radius 2 is 2.00 bits per heavy atom. The summed E-state index contributed by atoms with van der Waals surface area (Å²) < 4.78 is 0. The minimum Gasteiger partial charge on any atom is -0.354 e. The van der Waals surface area contributed by atoms with Crippen LogP contribution in [-0.2, 0) is 0 Å². The van der Waals surface area contributed by atoms with Crippen molar-refractivity contribution in [3.05, 3.63) is 48.8 Å². The molecule has 0 aliphatic carbocycles. The van der Waals surface area contributed by atoms with E-state index in [-0.39, 0.29) is 0 Å². The van der Waals surface area contributed by atoms with Gasteiger partial charge in [0, 0.05) is 29.9 Å². The van der Waals surface area contributed by atoms with Gasteiger partial charge in [0.2, 0.25) is 5.95 Å². The van der Waals surface area contributed by atoms with Crippen molar-refractivity contribution in [1.82, 2.24) is 15.0 Å². The fourth-order valence-corrected chi connectivity index (χ4v) is 2.07. The van der Waals surface area contributed by atoms with Gasteiger partial charge in [0.15, 0.2) is 0 Å². The summed E-state index contributed by atoms with van der Waals surface area (Å²) in [5.41, 5.74) is 2.94. The lowest BCUT2D eigenvalue weighted by molar-refractivity contribution is 0.953. The van der Waals surface area contributed by atoms with E-state index in [4.69, 9.17) is 0 Å². The first-order valence-electron chi connectivity index (χ1n) is 6.79. The average Bonchev–Trinajstić information content (AvgIpc) is 2.53. The molecule has 3 rings (SSSR count). The van der Waals surface area contributed by atoms with Crippen LogP contribution in [0.1, 0.15) is 13.3 Å². The van der Waals surface area contributed by atoms with Crippen molar-refractivity contribution in [3.8, 4) is 11.3 Å². The standard InChI is InChI=1S/C16H16N4/c1-2-8-18-16-19-10-7-14(20-16)13-6-5-12-4-3-9-17-15(12)11-13/h3-7,9-11H,2,8H2,1H3,(H,18,19,20).